The fourth-order valence-electron chi connectivity index (χ4n) is 4.18. The number of aliphatic hydroxyl groups excluding tert-OH is 1. The molecule has 1 aliphatic heterocycles. The van der Waals surface area contributed by atoms with E-state index in [1.165, 1.54) is 6.42 Å². The van der Waals surface area contributed by atoms with E-state index in [4.69, 9.17) is 0 Å². The molecule has 3 N–H and O–H groups in total. The second-order valence-corrected chi connectivity index (χ2v) is 7.94. The molecule has 0 unspecified atom stereocenters. The number of carbonyl (C=O) groups is 2. The van der Waals surface area contributed by atoms with E-state index in [0.717, 1.165) is 25.7 Å². The number of rotatable bonds is 4. The second kappa shape index (κ2) is 8.73. The van der Waals surface area contributed by atoms with Gasteiger partial charge in [0.1, 0.15) is 11.4 Å². The number of aromatic nitrogens is 3. The van der Waals surface area contributed by atoms with Gasteiger partial charge in [-0.05, 0) is 37.5 Å². The summed E-state index contributed by atoms with van der Waals surface area (Å²) in [6.45, 7) is 0.613. The highest BCUT2D eigenvalue weighted by Gasteiger charge is 2.36. The van der Waals surface area contributed by atoms with Gasteiger partial charge in [0.05, 0.1) is 17.7 Å². The maximum atomic E-state index is 12.9. The van der Waals surface area contributed by atoms with Gasteiger partial charge in [0.2, 0.25) is 5.91 Å². The predicted octanol–water partition coefficient (Wildman–Crippen LogP) is 1.74. The van der Waals surface area contributed by atoms with Gasteiger partial charge in [-0.3, -0.25) is 19.7 Å². The Morgan fingerprint density at radius 2 is 1.97 bits per heavy atom. The van der Waals surface area contributed by atoms with Crippen molar-refractivity contribution < 1.29 is 14.7 Å². The zero-order valence-corrected chi connectivity index (χ0v) is 16.4. The van der Waals surface area contributed by atoms with Crippen LogP contribution in [0.5, 0.6) is 0 Å². The Kier molecular flexibility index (Phi) is 5.89. The number of hydrogen-bond donors (Lipinski definition) is 3. The third-order valence-electron chi connectivity index (χ3n) is 5.89. The van der Waals surface area contributed by atoms with Crippen molar-refractivity contribution in [2.45, 2.75) is 50.7 Å². The van der Waals surface area contributed by atoms with Crippen LogP contribution in [0.2, 0.25) is 0 Å². The summed E-state index contributed by atoms with van der Waals surface area (Å²) in [6, 6.07) is 7.36. The van der Waals surface area contributed by atoms with Crippen LogP contribution in [-0.2, 0) is 4.79 Å². The number of amides is 2. The van der Waals surface area contributed by atoms with Crippen LogP contribution in [0.4, 0.5) is 0 Å². The molecule has 1 saturated heterocycles. The molecule has 0 radical (unpaired) electrons. The summed E-state index contributed by atoms with van der Waals surface area (Å²) in [5.74, 6) is -0.976. The summed E-state index contributed by atoms with van der Waals surface area (Å²) in [5.41, 5.74) is 1.63. The lowest BCUT2D eigenvalue weighted by Crippen LogP contribution is -2.53. The van der Waals surface area contributed by atoms with Gasteiger partial charge >= 0.3 is 0 Å². The zero-order chi connectivity index (χ0) is 20.2. The first-order chi connectivity index (χ1) is 14.1. The number of pyridine rings is 1. The van der Waals surface area contributed by atoms with E-state index in [-0.39, 0.29) is 24.4 Å². The normalized spacial score (nSPS) is 23.0. The molecule has 29 heavy (non-hydrogen) atoms. The van der Waals surface area contributed by atoms with Crippen molar-refractivity contribution in [1.29, 1.82) is 0 Å². The van der Waals surface area contributed by atoms with E-state index >= 15 is 0 Å². The van der Waals surface area contributed by atoms with Gasteiger partial charge in [-0.25, -0.2) is 0 Å². The van der Waals surface area contributed by atoms with Crippen LogP contribution in [0, 0.1) is 5.92 Å². The average Bonchev–Trinajstić information content (AvgIpc) is 3.25. The number of nitrogens with zero attached hydrogens (tertiary/aromatic N) is 3. The number of aromatic amines is 1. The minimum absolute atomic E-state index is 0.152. The number of likely N-dealkylation sites (tertiary alicyclic amines) is 1. The molecule has 0 aromatic carbocycles. The van der Waals surface area contributed by atoms with Crippen LogP contribution in [0.3, 0.4) is 0 Å². The van der Waals surface area contributed by atoms with Gasteiger partial charge in [0, 0.05) is 25.3 Å². The minimum Gasteiger partial charge on any atom is -0.392 e. The van der Waals surface area contributed by atoms with Crippen LogP contribution in [0.15, 0.2) is 30.5 Å². The van der Waals surface area contributed by atoms with E-state index in [2.05, 4.69) is 20.5 Å². The highest BCUT2D eigenvalue weighted by Crippen LogP contribution is 2.23. The van der Waals surface area contributed by atoms with Crippen molar-refractivity contribution in [1.82, 2.24) is 25.4 Å². The zero-order valence-electron chi connectivity index (χ0n) is 16.4. The molecule has 154 valence electrons. The lowest BCUT2D eigenvalue weighted by Gasteiger charge is -2.36. The monoisotopic (exact) mass is 397 g/mol. The highest BCUT2D eigenvalue weighted by molar-refractivity contribution is 5.94. The Hall–Kier alpha value is -2.74. The van der Waals surface area contributed by atoms with Crippen LogP contribution in [-0.4, -0.2) is 62.2 Å². The Morgan fingerprint density at radius 3 is 2.72 bits per heavy atom. The molecule has 1 saturated carbocycles. The standard InChI is InChI=1S/C21H27N5O3/c27-19-9-11-26(13-15(19)20(28)23-14-6-2-1-3-7-14)21(29)18-12-17(24-25-18)16-8-4-5-10-22-16/h4-5,8,10,12,14-15,19,27H,1-3,6-7,9,11,13H2,(H,23,28)(H,24,25)/t15-,19+/m0/s1. The van der Waals surface area contributed by atoms with E-state index in [0.29, 0.717) is 30.0 Å². The first-order valence-electron chi connectivity index (χ1n) is 10.4. The molecule has 2 fully saturated rings. The maximum Gasteiger partial charge on any atom is 0.271 e. The topological polar surface area (TPSA) is 111 Å². The molecule has 0 spiro atoms. The van der Waals surface area contributed by atoms with Crippen molar-refractivity contribution >= 4 is 11.8 Å². The summed E-state index contributed by atoms with van der Waals surface area (Å²) in [4.78, 5) is 31.5. The number of aliphatic hydroxyl groups is 1. The fraction of sp³-hybridized carbons (Fsp3) is 0.524. The first-order valence-corrected chi connectivity index (χ1v) is 10.4. The highest BCUT2D eigenvalue weighted by atomic mass is 16.3. The van der Waals surface area contributed by atoms with Gasteiger partial charge in [-0.1, -0.05) is 25.3 Å². The Balaban J connectivity index is 1.41. The molecular weight excluding hydrogens is 370 g/mol. The van der Waals surface area contributed by atoms with Gasteiger partial charge < -0.3 is 15.3 Å². The largest absolute Gasteiger partial charge is 0.392 e. The van der Waals surface area contributed by atoms with Crippen LogP contribution >= 0.6 is 0 Å². The summed E-state index contributed by atoms with van der Waals surface area (Å²) in [6.07, 6.45) is 6.77. The lowest BCUT2D eigenvalue weighted by atomic mass is 9.91. The summed E-state index contributed by atoms with van der Waals surface area (Å²) in [5, 5.41) is 20.4. The molecule has 8 heteroatoms. The predicted molar refractivity (Wildman–Crippen MR) is 107 cm³/mol. The molecule has 4 rings (SSSR count). The van der Waals surface area contributed by atoms with Crippen LogP contribution in [0.1, 0.15) is 49.0 Å². The van der Waals surface area contributed by atoms with Gasteiger partial charge in [-0.15, -0.1) is 0 Å². The van der Waals surface area contributed by atoms with Gasteiger partial charge in [0.25, 0.3) is 5.91 Å². The molecule has 8 nitrogen and oxygen atoms in total. The molecule has 2 aromatic heterocycles. The summed E-state index contributed by atoms with van der Waals surface area (Å²) in [7, 11) is 0. The lowest BCUT2D eigenvalue weighted by molar-refractivity contribution is -0.131. The molecule has 2 atom stereocenters. The Labute approximate surface area is 169 Å². The van der Waals surface area contributed by atoms with Crippen molar-refractivity contribution in [3.8, 4) is 11.4 Å². The number of carbonyl (C=O) groups excluding carboxylic acids is 2. The van der Waals surface area contributed by atoms with Gasteiger partial charge in [-0.2, -0.15) is 5.10 Å². The fourth-order valence-corrected chi connectivity index (χ4v) is 4.18. The molecule has 2 aliphatic rings. The summed E-state index contributed by atoms with van der Waals surface area (Å²) >= 11 is 0. The quantitative estimate of drug-likeness (QED) is 0.728. The van der Waals surface area contributed by atoms with Crippen LogP contribution in [0.25, 0.3) is 11.4 Å². The SMILES string of the molecule is O=C(NC1CCCCC1)[C@H]1CN(C(=O)c2cc(-c3ccccn3)n[nH]2)CC[C@H]1O. The second-order valence-electron chi connectivity index (χ2n) is 7.94. The van der Waals surface area contributed by atoms with Crippen molar-refractivity contribution in [3.05, 3.63) is 36.2 Å². The van der Waals surface area contributed by atoms with E-state index in [1.54, 1.807) is 17.2 Å². The van der Waals surface area contributed by atoms with Gasteiger partial charge in [0.15, 0.2) is 0 Å². The third kappa shape index (κ3) is 4.48. The molecule has 2 amide bonds. The van der Waals surface area contributed by atoms with E-state index < -0.39 is 12.0 Å². The van der Waals surface area contributed by atoms with Crippen molar-refractivity contribution in [2.75, 3.05) is 13.1 Å². The number of piperidine rings is 1. The first kappa shape index (κ1) is 19.6. The molecule has 0 bridgehead atoms. The number of hydrogen-bond acceptors (Lipinski definition) is 5. The third-order valence-corrected chi connectivity index (χ3v) is 5.89. The van der Waals surface area contributed by atoms with E-state index in [1.807, 2.05) is 18.2 Å². The maximum absolute atomic E-state index is 12.9. The average molecular weight is 397 g/mol. The molecule has 2 aromatic rings. The number of nitrogens with one attached hydrogen (secondary N) is 2. The van der Waals surface area contributed by atoms with Crippen molar-refractivity contribution in [3.63, 3.8) is 0 Å². The molecule has 1 aliphatic carbocycles. The minimum atomic E-state index is -0.728. The summed E-state index contributed by atoms with van der Waals surface area (Å²) < 4.78 is 0. The smallest absolute Gasteiger partial charge is 0.271 e. The van der Waals surface area contributed by atoms with Crippen LogP contribution < -0.4 is 5.32 Å². The molecule has 3 heterocycles. The van der Waals surface area contributed by atoms with E-state index in [9.17, 15) is 14.7 Å². The Morgan fingerprint density at radius 1 is 1.14 bits per heavy atom. The van der Waals surface area contributed by atoms with Crippen molar-refractivity contribution in [2.24, 2.45) is 5.92 Å². The number of H-pyrrole nitrogens is 1. The molecular formula is C21H27N5O3. The Bertz CT molecular complexity index is 847.